The van der Waals surface area contributed by atoms with E-state index < -0.39 is 12.0 Å². The second kappa shape index (κ2) is 7.45. The third kappa shape index (κ3) is 3.97. The van der Waals surface area contributed by atoms with E-state index in [-0.39, 0.29) is 11.3 Å². The Morgan fingerprint density at radius 1 is 1.48 bits per heavy atom. The van der Waals surface area contributed by atoms with Gasteiger partial charge in [-0.15, -0.1) is 11.8 Å². The van der Waals surface area contributed by atoms with E-state index >= 15 is 0 Å². The summed E-state index contributed by atoms with van der Waals surface area (Å²) in [5.74, 6) is -0.515. The molecule has 2 rings (SSSR count). The molecule has 114 valence electrons. The van der Waals surface area contributed by atoms with Crippen molar-refractivity contribution in [3.8, 4) is 0 Å². The summed E-state index contributed by atoms with van der Waals surface area (Å²) < 4.78 is 0. The molecule has 0 aromatic carbocycles. The number of rotatable bonds is 6. The van der Waals surface area contributed by atoms with Crippen LogP contribution in [0.25, 0.3) is 0 Å². The van der Waals surface area contributed by atoms with Crippen LogP contribution in [0, 0.1) is 0 Å². The van der Waals surface area contributed by atoms with Crippen molar-refractivity contribution in [1.82, 2.24) is 9.88 Å². The predicted octanol–water partition coefficient (Wildman–Crippen LogP) is 2.17. The second-order valence-electron chi connectivity index (χ2n) is 5.05. The van der Waals surface area contributed by atoms with Gasteiger partial charge in [-0.25, -0.2) is 4.79 Å². The van der Waals surface area contributed by atoms with Crippen LogP contribution in [0.15, 0.2) is 24.4 Å². The van der Waals surface area contributed by atoms with Crippen LogP contribution in [0.4, 0.5) is 0 Å². The van der Waals surface area contributed by atoms with Gasteiger partial charge < -0.3 is 10.0 Å². The minimum atomic E-state index is -0.910. The van der Waals surface area contributed by atoms with Gasteiger partial charge in [0.1, 0.15) is 6.04 Å². The lowest BCUT2D eigenvalue weighted by molar-refractivity contribution is -0.149. The Labute approximate surface area is 128 Å². The Kier molecular flexibility index (Phi) is 5.61. The maximum Gasteiger partial charge on any atom is 0.327 e. The quantitative estimate of drug-likeness (QED) is 0.872. The third-order valence-corrected chi connectivity index (χ3v) is 4.88. The normalized spacial score (nSPS) is 21.5. The van der Waals surface area contributed by atoms with Gasteiger partial charge in [-0.05, 0) is 25.0 Å². The number of aryl methyl sites for hydroxylation is 1. The monoisotopic (exact) mass is 308 g/mol. The molecule has 1 aliphatic rings. The molecule has 2 heterocycles. The lowest BCUT2D eigenvalue weighted by atomic mass is 10.1. The average Bonchev–Trinajstić information content (AvgIpc) is 2.90. The smallest absolute Gasteiger partial charge is 0.327 e. The molecule has 0 aliphatic carbocycles. The number of pyridine rings is 1. The van der Waals surface area contributed by atoms with E-state index in [1.165, 1.54) is 0 Å². The van der Waals surface area contributed by atoms with Gasteiger partial charge in [0, 0.05) is 24.1 Å². The molecule has 0 radical (unpaired) electrons. The number of aromatic nitrogens is 1. The molecule has 1 saturated heterocycles. The van der Waals surface area contributed by atoms with Crippen molar-refractivity contribution < 1.29 is 14.7 Å². The first-order valence-electron chi connectivity index (χ1n) is 7.19. The minimum Gasteiger partial charge on any atom is -0.480 e. The lowest BCUT2D eigenvalue weighted by Crippen LogP contribution is -2.45. The number of carbonyl (C=O) groups excluding carboxylic acids is 1. The molecule has 5 nitrogen and oxygen atoms in total. The molecule has 1 N–H and O–H groups in total. The van der Waals surface area contributed by atoms with Crippen molar-refractivity contribution >= 4 is 23.6 Å². The van der Waals surface area contributed by atoms with E-state index in [0.717, 1.165) is 18.5 Å². The van der Waals surface area contributed by atoms with Crippen LogP contribution in [-0.4, -0.2) is 44.0 Å². The summed E-state index contributed by atoms with van der Waals surface area (Å²) in [6, 6.07) is 4.91. The van der Waals surface area contributed by atoms with Crippen LogP contribution in [0.5, 0.6) is 0 Å². The fraction of sp³-hybridized carbons (Fsp3) is 0.533. The number of carboxylic acid groups (broad SMARTS) is 1. The van der Waals surface area contributed by atoms with Crippen molar-refractivity contribution in [3.63, 3.8) is 0 Å². The lowest BCUT2D eigenvalue weighted by Gasteiger charge is -2.27. The minimum absolute atomic E-state index is 0.00710. The summed E-state index contributed by atoms with van der Waals surface area (Å²) in [5.41, 5.74) is 0.858. The van der Waals surface area contributed by atoms with Crippen molar-refractivity contribution in [1.29, 1.82) is 0 Å². The maximum atomic E-state index is 12.4. The predicted molar refractivity (Wildman–Crippen MR) is 82.0 cm³/mol. The number of hydrogen-bond acceptors (Lipinski definition) is 4. The van der Waals surface area contributed by atoms with E-state index in [4.69, 9.17) is 0 Å². The molecule has 1 aromatic rings. The summed E-state index contributed by atoms with van der Waals surface area (Å²) >= 11 is 1.57. The zero-order chi connectivity index (χ0) is 15.2. The number of carbonyl (C=O) groups is 2. The largest absolute Gasteiger partial charge is 0.480 e. The van der Waals surface area contributed by atoms with Crippen LogP contribution >= 0.6 is 11.8 Å². The molecule has 1 aliphatic heterocycles. The summed E-state index contributed by atoms with van der Waals surface area (Å²) in [6.45, 7) is 2.05. The van der Waals surface area contributed by atoms with Crippen molar-refractivity contribution in [3.05, 3.63) is 30.1 Å². The van der Waals surface area contributed by atoms with Crippen molar-refractivity contribution in [2.75, 3.05) is 5.75 Å². The first-order chi connectivity index (χ1) is 10.1. The van der Waals surface area contributed by atoms with Gasteiger partial charge in [-0.1, -0.05) is 19.4 Å². The first-order valence-corrected chi connectivity index (χ1v) is 8.23. The highest BCUT2D eigenvalue weighted by atomic mass is 32.2. The molecule has 0 saturated carbocycles. The Morgan fingerprint density at radius 2 is 2.29 bits per heavy atom. The van der Waals surface area contributed by atoms with Crippen molar-refractivity contribution in [2.45, 2.75) is 44.0 Å². The molecule has 0 spiro atoms. The van der Waals surface area contributed by atoms with E-state index in [9.17, 15) is 14.7 Å². The SMILES string of the molecule is CCCC1SCC(C(=O)O)N1C(=O)CCc1ccccn1. The van der Waals surface area contributed by atoms with Gasteiger partial charge in [0.2, 0.25) is 5.91 Å². The number of nitrogens with zero attached hydrogens (tertiary/aromatic N) is 2. The molecule has 1 aromatic heterocycles. The van der Waals surface area contributed by atoms with Crippen LogP contribution in [0.2, 0.25) is 0 Å². The van der Waals surface area contributed by atoms with Gasteiger partial charge >= 0.3 is 5.97 Å². The first kappa shape index (κ1) is 15.8. The highest BCUT2D eigenvalue weighted by Crippen LogP contribution is 2.32. The Bertz CT molecular complexity index is 495. The number of hydrogen-bond donors (Lipinski definition) is 1. The maximum absolute atomic E-state index is 12.4. The van der Waals surface area contributed by atoms with Gasteiger partial charge in [0.25, 0.3) is 0 Å². The molecular formula is C15H20N2O3S. The summed E-state index contributed by atoms with van der Waals surface area (Å²) in [4.78, 5) is 29.5. The molecule has 2 atom stereocenters. The topological polar surface area (TPSA) is 70.5 Å². The Balaban J connectivity index is 2.01. The number of thioether (sulfide) groups is 1. The standard InChI is InChI=1S/C15H20N2O3S/c1-2-5-14-17(12(10-21-14)15(19)20)13(18)8-7-11-6-3-4-9-16-11/h3-4,6,9,12,14H,2,5,7-8,10H2,1H3,(H,19,20). The molecule has 0 bridgehead atoms. The van der Waals surface area contributed by atoms with E-state index in [1.54, 1.807) is 22.9 Å². The number of amides is 1. The molecule has 1 fully saturated rings. The highest BCUT2D eigenvalue weighted by molar-refractivity contribution is 8.00. The Morgan fingerprint density at radius 3 is 2.90 bits per heavy atom. The van der Waals surface area contributed by atoms with Gasteiger partial charge in [0.05, 0.1) is 5.37 Å². The van der Waals surface area contributed by atoms with E-state index in [2.05, 4.69) is 4.98 Å². The van der Waals surface area contributed by atoms with E-state index in [0.29, 0.717) is 18.6 Å². The van der Waals surface area contributed by atoms with Crippen LogP contribution in [0.3, 0.4) is 0 Å². The number of carboxylic acids is 1. The Hall–Kier alpha value is -1.56. The van der Waals surface area contributed by atoms with Crippen LogP contribution in [-0.2, 0) is 16.0 Å². The molecule has 21 heavy (non-hydrogen) atoms. The van der Waals surface area contributed by atoms with Gasteiger partial charge in [0.15, 0.2) is 0 Å². The van der Waals surface area contributed by atoms with E-state index in [1.807, 2.05) is 25.1 Å². The van der Waals surface area contributed by atoms with Crippen molar-refractivity contribution in [2.24, 2.45) is 0 Å². The summed E-state index contributed by atoms with van der Waals surface area (Å²) in [7, 11) is 0. The molecule has 6 heteroatoms. The van der Waals surface area contributed by atoms with Crippen LogP contribution < -0.4 is 0 Å². The molecule has 2 unspecified atom stereocenters. The fourth-order valence-electron chi connectivity index (χ4n) is 2.47. The summed E-state index contributed by atoms with van der Waals surface area (Å²) in [6.07, 6.45) is 4.33. The van der Waals surface area contributed by atoms with Gasteiger partial charge in [-0.2, -0.15) is 0 Å². The second-order valence-corrected chi connectivity index (χ2v) is 6.26. The average molecular weight is 308 g/mol. The zero-order valence-corrected chi connectivity index (χ0v) is 12.9. The van der Waals surface area contributed by atoms with Crippen LogP contribution in [0.1, 0.15) is 31.9 Å². The zero-order valence-electron chi connectivity index (χ0n) is 12.1. The third-order valence-electron chi connectivity index (χ3n) is 3.52. The fourth-order valence-corrected chi connectivity index (χ4v) is 4.00. The van der Waals surface area contributed by atoms with Gasteiger partial charge in [-0.3, -0.25) is 9.78 Å². The summed E-state index contributed by atoms with van der Waals surface area (Å²) in [5, 5.41) is 9.28. The number of aliphatic carboxylic acids is 1. The molecule has 1 amide bonds. The molecular weight excluding hydrogens is 288 g/mol. The highest BCUT2D eigenvalue weighted by Gasteiger charge is 2.40.